The lowest BCUT2D eigenvalue weighted by molar-refractivity contribution is -0.113. The van der Waals surface area contributed by atoms with Crippen molar-refractivity contribution in [1.82, 2.24) is 9.55 Å². The normalized spacial score (nSPS) is 11.5. The highest BCUT2D eigenvalue weighted by Gasteiger charge is 2.18. The number of benzene rings is 3. The number of fused-ring (bicyclic) bond motifs is 1. The molecule has 1 heterocycles. The second-order valence-corrected chi connectivity index (χ2v) is 10.2. The molecule has 0 saturated heterocycles. The van der Waals surface area contributed by atoms with Crippen LogP contribution in [0, 0.1) is 13.8 Å². The first-order valence-corrected chi connectivity index (χ1v) is 12.8. The molecule has 1 amide bonds. The minimum atomic E-state index is -3.89. The lowest BCUT2D eigenvalue weighted by Crippen LogP contribution is -2.24. The zero-order valence-corrected chi connectivity index (χ0v) is 20.1. The molecule has 0 radical (unpaired) electrons. The van der Waals surface area contributed by atoms with Crippen LogP contribution in [0.25, 0.3) is 16.6 Å². The van der Waals surface area contributed by atoms with E-state index in [-0.39, 0.29) is 22.1 Å². The van der Waals surface area contributed by atoms with E-state index in [4.69, 9.17) is 5.14 Å². The number of nitrogens with zero attached hydrogens (tertiary/aromatic N) is 2. The minimum Gasteiger partial charge on any atom is -0.325 e. The Morgan fingerprint density at radius 3 is 2.41 bits per heavy atom. The number of primary sulfonamides is 1. The van der Waals surface area contributed by atoms with Gasteiger partial charge in [0.2, 0.25) is 15.9 Å². The van der Waals surface area contributed by atoms with Crippen LogP contribution in [0.4, 0.5) is 5.69 Å². The van der Waals surface area contributed by atoms with Crippen molar-refractivity contribution in [3.8, 4) is 5.69 Å². The van der Waals surface area contributed by atoms with Gasteiger partial charge < -0.3 is 5.32 Å². The molecule has 1 aromatic heterocycles. The molecule has 0 fully saturated rings. The molecule has 3 aromatic carbocycles. The van der Waals surface area contributed by atoms with Crippen molar-refractivity contribution in [3.63, 3.8) is 0 Å². The summed E-state index contributed by atoms with van der Waals surface area (Å²) in [6.07, 6.45) is 0. The van der Waals surface area contributed by atoms with Crippen LogP contribution in [-0.4, -0.2) is 29.6 Å². The van der Waals surface area contributed by atoms with E-state index < -0.39 is 10.0 Å². The fraction of sp³-hybridized carbons (Fsp3) is 0.125. The van der Waals surface area contributed by atoms with Crippen LogP contribution < -0.4 is 16.0 Å². The number of nitrogens with two attached hydrogens (primary N) is 1. The smallest absolute Gasteiger partial charge is 0.266 e. The van der Waals surface area contributed by atoms with Crippen LogP contribution in [0.1, 0.15) is 11.1 Å². The largest absolute Gasteiger partial charge is 0.325 e. The molecule has 0 atom stereocenters. The molecular formula is C24H22N4O4S2. The highest BCUT2D eigenvalue weighted by molar-refractivity contribution is 7.99. The van der Waals surface area contributed by atoms with Gasteiger partial charge in [-0.1, -0.05) is 48.2 Å². The summed E-state index contributed by atoms with van der Waals surface area (Å²) >= 11 is 1.12. The summed E-state index contributed by atoms with van der Waals surface area (Å²) in [5, 5.41) is 8.69. The second kappa shape index (κ2) is 9.41. The van der Waals surface area contributed by atoms with Gasteiger partial charge in [0.1, 0.15) is 0 Å². The molecule has 34 heavy (non-hydrogen) atoms. The quantitative estimate of drug-likeness (QED) is 0.313. The van der Waals surface area contributed by atoms with E-state index in [0.717, 1.165) is 28.6 Å². The highest BCUT2D eigenvalue weighted by atomic mass is 32.2. The molecule has 3 N–H and O–H groups in total. The molecule has 4 rings (SSSR count). The van der Waals surface area contributed by atoms with Crippen molar-refractivity contribution in [1.29, 1.82) is 0 Å². The summed E-state index contributed by atoms with van der Waals surface area (Å²) in [5.41, 5.74) is 3.17. The molecule has 0 aliphatic carbocycles. The average Bonchev–Trinajstić information content (AvgIpc) is 2.79. The molecule has 0 saturated carbocycles. The van der Waals surface area contributed by atoms with Gasteiger partial charge in [-0.05, 0) is 55.3 Å². The van der Waals surface area contributed by atoms with Crippen LogP contribution in [0.15, 0.2) is 81.6 Å². The van der Waals surface area contributed by atoms with Gasteiger partial charge in [0.15, 0.2) is 5.16 Å². The number of sulfonamides is 1. The van der Waals surface area contributed by atoms with E-state index in [9.17, 15) is 18.0 Å². The van der Waals surface area contributed by atoms with Crippen LogP contribution in [0.3, 0.4) is 0 Å². The molecule has 0 aliphatic rings. The van der Waals surface area contributed by atoms with Gasteiger partial charge in [-0.2, -0.15) is 0 Å². The number of amides is 1. The fourth-order valence-electron chi connectivity index (χ4n) is 3.64. The molecule has 0 aliphatic heterocycles. The van der Waals surface area contributed by atoms with Crippen LogP contribution in [-0.2, 0) is 14.8 Å². The van der Waals surface area contributed by atoms with Crippen molar-refractivity contribution in [3.05, 3.63) is 88.2 Å². The summed E-state index contributed by atoms with van der Waals surface area (Å²) in [4.78, 5) is 30.7. The van der Waals surface area contributed by atoms with Gasteiger partial charge in [-0.3, -0.25) is 14.2 Å². The maximum atomic E-state index is 13.5. The number of thioether (sulfide) groups is 1. The van der Waals surface area contributed by atoms with Gasteiger partial charge in [0, 0.05) is 5.69 Å². The molecule has 0 bridgehead atoms. The zero-order valence-electron chi connectivity index (χ0n) is 18.5. The number of anilines is 1. The molecular weight excluding hydrogens is 472 g/mol. The summed E-state index contributed by atoms with van der Waals surface area (Å²) in [5.74, 6) is -0.429. The molecule has 0 spiro atoms. The predicted octanol–water partition coefficient (Wildman–Crippen LogP) is 3.38. The van der Waals surface area contributed by atoms with Crippen LogP contribution >= 0.6 is 11.8 Å². The Morgan fingerprint density at radius 2 is 1.71 bits per heavy atom. The predicted molar refractivity (Wildman–Crippen MR) is 134 cm³/mol. The van der Waals surface area contributed by atoms with Crippen molar-refractivity contribution in [2.45, 2.75) is 23.9 Å². The molecule has 4 aromatic rings. The maximum absolute atomic E-state index is 13.5. The Bertz CT molecular complexity index is 1560. The number of carbonyl (C=O) groups excluding carboxylic acids is 1. The molecule has 174 valence electrons. The summed E-state index contributed by atoms with van der Waals surface area (Å²) in [6, 6.07) is 18.5. The molecule has 10 heteroatoms. The number of aromatic nitrogens is 2. The second-order valence-electron chi connectivity index (χ2n) is 7.70. The highest BCUT2D eigenvalue weighted by Crippen LogP contribution is 2.25. The van der Waals surface area contributed by atoms with Gasteiger partial charge >= 0.3 is 0 Å². The van der Waals surface area contributed by atoms with Gasteiger partial charge in [0.05, 0.1) is 27.2 Å². The Balaban J connectivity index is 1.68. The van der Waals surface area contributed by atoms with Crippen molar-refractivity contribution in [2.24, 2.45) is 5.14 Å². The topological polar surface area (TPSA) is 124 Å². The minimum absolute atomic E-state index is 0.0463. The standard InChI is InChI=1S/C24H22N4O4S2/c1-15-7-5-8-16(2)22(15)28-23(30)19-11-3-4-12-20(19)27-24(28)33-14-21(29)26-17-9-6-10-18(13-17)34(25,31)32/h3-13H,14H2,1-2H3,(H,26,29)(H2,25,31,32). The first kappa shape index (κ1) is 23.7. The summed E-state index contributed by atoms with van der Waals surface area (Å²) in [7, 11) is -3.89. The third-order valence-electron chi connectivity index (χ3n) is 5.19. The first-order chi connectivity index (χ1) is 16.1. The van der Waals surface area contributed by atoms with E-state index >= 15 is 0 Å². The Kier molecular flexibility index (Phi) is 6.56. The fourth-order valence-corrected chi connectivity index (χ4v) is 5.00. The van der Waals surface area contributed by atoms with Crippen LogP contribution in [0.2, 0.25) is 0 Å². The average molecular weight is 495 g/mol. The SMILES string of the molecule is Cc1cccc(C)c1-n1c(SCC(=O)Nc2cccc(S(N)(=O)=O)c2)nc2ccccc2c1=O. The molecule has 0 unspecified atom stereocenters. The number of para-hydroxylation sites is 2. The van der Waals surface area contributed by atoms with Crippen LogP contribution in [0.5, 0.6) is 0 Å². The molecule has 8 nitrogen and oxygen atoms in total. The lowest BCUT2D eigenvalue weighted by atomic mass is 10.1. The van der Waals surface area contributed by atoms with E-state index in [1.165, 1.54) is 18.2 Å². The van der Waals surface area contributed by atoms with E-state index in [1.807, 2.05) is 32.0 Å². The van der Waals surface area contributed by atoms with Crippen molar-refractivity contribution < 1.29 is 13.2 Å². The number of carbonyl (C=O) groups is 1. The summed E-state index contributed by atoms with van der Waals surface area (Å²) < 4.78 is 24.7. The summed E-state index contributed by atoms with van der Waals surface area (Å²) in [6.45, 7) is 3.84. The Hall–Kier alpha value is -3.47. The van der Waals surface area contributed by atoms with Gasteiger partial charge in [-0.15, -0.1) is 0 Å². The van der Waals surface area contributed by atoms with Crippen molar-refractivity contribution >= 4 is 44.3 Å². The third-order valence-corrected chi connectivity index (χ3v) is 7.04. The Morgan fingerprint density at radius 1 is 1.03 bits per heavy atom. The van der Waals surface area contributed by atoms with Gasteiger partial charge in [-0.25, -0.2) is 18.5 Å². The van der Waals surface area contributed by atoms with E-state index in [1.54, 1.807) is 34.9 Å². The van der Waals surface area contributed by atoms with E-state index in [2.05, 4.69) is 10.3 Å². The number of hydrogen-bond acceptors (Lipinski definition) is 6. The van der Waals surface area contributed by atoms with Crippen molar-refractivity contribution in [2.75, 3.05) is 11.1 Å². The monoisotopic (exact) mass is 494 g/mol. The van der Waals surface area contributed by atoms with Gasteiger partial charge in [0.25, 0.3) is 5.56 Å². The Labute approximate surface area is 200 Å². The first-order valence-electron chi connectivity index (χ1n) is 10.3. The number of nitrogens with one attached hydrogen (secondary N) is 1. The zero-order chi connectivity index (χ0) is 24.5. The third kappa shape index (κ3) is 4.89. The number of hydrogen-bond donors (Lipinski definition) is 2. The number of rotatable bonds is 6. The van der Waals surface area contributed by atoms with E-state index in [0.29, 0.717) is 21.7 Å². The lowest BCUT2D eigenvalue weighted by Gasteiger charge is -2.17. The maximum Gasteiger partial charge on any atom is 0.266 e. The number of aryl methyl sites for hydroxylation is 2.